The molecule has 0 aliphatic carbocycles. The molecule has 1 aliphatic heterocycles. The van der Waals surface area contributed by atoms with Gasteiger partial charge in [0.05, 0.1) is 13.2 Å². The van der Waals surface area contributed by atoms with Gasteiger partial charge in [0.2, 0.25) is 0 Å². The van der Waals surface area contributed by atoms with E-state index in [0.29, 0.717) is 0 Å². The van der Waals surface area contributed by atoms with Crippen LogP contribution in [0.2, 0.25) is 0 Å². The van der Waals surface area contributed by atoms with E-state index in [1.54, 1.807) is 4.90 Å². The molecule has 0 bridgehead atoms. The molecule has 5 nitrogen and oxygen atoms in total. The van der Waals surface area contributed by atoms with Crippen LogP contribution < -0.4 is 4.74 Å². The third-order valence-corrected chi connectivity index (χ3v) is 3.66. The van der Waals surface area contributed by atoms with Crippen LogP contribution >= 0.6 is 0 Å². The molecule has 1 saturated heterocycles. The number of hydrogen-bond acceptors (Lipinski definition) is 4. The average Bonchev–Trinajstić information content (AvgIpc) is 2.52. The van der Waals surface area contributed by atoms with Crippen molar-refractivity contribution in [2.75, 3.05) is 53.0 Å². The van der Waals surface area contributed by atoms with Crippen molar-refractivity contribution in [1.82, 2.24) is 9.80 Å². The van der Waals surface area contributed by atoms with Crippen LogP contribution in [0.3, 0.4) is 0 Å². The Hall–Kier alpha value is -1.59. The van der Waals surface area contributed by atoms with E-state index in [2.05, 4.69) is 4.90 Å². The summed E-state index contributed by atoms with van der Waals surface area (Å²) in [5, 5.41) is 0. The van der Waals surface area contributed by atoms with Crippen molar-refractivity contribution >= 4 is 5.91 Å². The van der Waals surface area contributed by atoms with Crippen LogP contribution in [0.15, 0.2) is 24.3 Å². The number of ether oxygens (including phenoxy) is 2. The molecular weight excluding hydrogens is 268 g/mol. The van der Waals surface area contributed by atoms with Gasteiger partial charge in [0.25, 0.3) is 5.91 Å². The van der Waals surface area contributed by atoms with Gasteiger partial charge < -0.3 is 14.4 Å². The Kier molecular flexibility index (Phi) is 6.02. The zero-order valence-electron chi connectivity index (χ0n) is 12.9. The molecule has 1 heterocycles. The summed E-state index contributed by atoms with van der Waals surface area (Å²) in [6.45, 7) is 7.18. The highest BCUT2D eigenvalue weighted by Gasteiger charge is 2.14. The Labute approximate surface area is 126 Å². The normalized spacial score (nSPS) is 15.7. The van der Waals surface area contributed by atoms with Gasteiger partial charge in [-0.25, -0.2) is 0 Å². The molecule has 1 fully saturated rings. The van der Waals surface area contributed by atoms with Crippen molar-refractivity contribution in [2.45, 2.75) is 6.92 Å². The number of hydrogen-bond donors (Lipinski definition) is 0. The smallest absolute Gasteiger partial charge is 0.260 e. The molecule has 5 heteroatoms. The maximum Gasteiger partial charge on any atom is 0.260 e. The Morgan fingerprint density at radius 3 is 2.62 bits per heavy atom. The Bertz CT molecular complexity index is 441. The molecule has 0 atom stereocenters. The summed E-state index contributed by atoms with van der Waals surface area (Å²) in [7, 11) is 1.82. The zero-order chi connectivity index (χ0) is 15.1. The third kappa shape index (κ3) is 5.36. The molecule has 1 amide bonds. The fourth-order valence-corrected chi connectivity index (χ4v) is 2.13. The van der Waals surface area contributed by atoms with Gasteiger partial charge in [-0.15, -0.1) is 0 Å². The Balaban J connectivity index is 1.68. The minimum Gasteiger partial charge on any atom is -0.484 e. The number of amides is 1. The zero-order valence-corrected chi connectivity index (χ0v) is 12.9. The minimum absolute atomic E-state index is 0.00355. The van der Waals surface area contributed by atoms with E-state index < -0.39 is 0 Å². The van der Waals surface area contributed by atoms with Gasteiger partial charge in [-0.05, 0) is 19.1 Å². The van der Waals surface area contributed by atoms with Gasteiger partial charge in [0.1, 0.15) is 5.75 Å². The van der Waals surface area contributed by atoms with E-state index in [4.69, 9.17) is 9.47 Å². The fraction of sp³-hybridized carbons (Fsp3) is 0.562. The molecule has 116 valence electrons. The third-order valence-electron chi connectivity index (χ3n) is 3.66. The van der Waals surface area contributed by atoms with E-state index >= 15 is 0 Å². The van der Waals surface area contributed by atoms with Crippen molar-refractivity contribution in [1.29, 1.82) is 0 Å². The topological polar surface area (TPSA) is 42.0 Å². The molecule has 1 aromatic rings. The number of rotatable bonds is 6. The summed E-state index contributed by atoms with van der Waals surface area (Å²) >= 11 is 0. The van der Waals surface area contributed by atoms with Crippen LogP contribution in [-0.4, -0.2) is 68.8 Å². The standard InChI is InChI=1S/C16H24N2O3/c1-14-3-5-15(6-4-14)21-13-16(19)17(2)7-8-18-9-11-20-12-10-18/h3-6H,7-13H2,1-2H3. The molecule has 2 rings (SSSR count). The second-order valence-corrected chi connectivity index (χ2v) is 5.37. The predicted molar refractivity (Wildman–Crippen MR) is 81.6 cm³/mol. The Morgan fingerprint density at radius 1 is 1.29 bits per heavy atom. The first kappa shape index (κ1) is 15.8. The SMILES string of the molecule is Cc1ccc(OCC(=O)N(C)CCN2CCOCC2)cc1. The molecule has 0 aromatic heterocycles. The first-order valence-corrected chi connectivity index (χ1v) is 7.38. The maximum absolute atomic E-state index is 12.0. The van der Waals surface area contributed by atoms with Crippen molar-refractivity contribution in [3.8, 4) is 5.75 Å². The Morgan fingerprint density at radius 2 is 1.95 bits per heavy atom. The number of likely N-dealkylation sites (N-methyl/N-ethyl adjacent to an activating group) is 1. The highest BCUT2D eigenvalue weighted by atomic mass is 16.5. The van der Waals surface area contributed by atoms with Gasteiger partial charge in [-0.2, -0.15) is 0 Å². The predicted octanol–water partition coefficient (Wildman–Crippen LogP) is 1.16. The van der Waals surface area contributed by atoms with E-state index in [-0.39, 0.29) is 12.5 Å². The number of aryl methyl sites for hydroxylation is 1. The second kappa shape index (κ2) is 8.00. The highest BCUT2D eigenvalue weighted by molar-refractivity contribution is 5.77. The summed E-state index contributed by atoms with van der Waals surface area (Å²) < 4.78 is 10.8. The van der Waals surface area contributed by atoms with E-state index in [0.717, 1.165) is 45.1 Å². The van der Waals surface area contributed by atoms with Crippen LogP contribution in [0.5, 0.6) is 5.75 Å². The number of benzene rings is 1. The van der Waals surface area contributed by atoms with Crippen molar-refractivity contribution < 1.29 is 14.3 Å². The van der Waals surface area contributed by atoms with E-state index in [1.807, 2.05) is 38.2 Å². The van der Waals surface area contributed by atoms with Crippen molar-refractivity contribution in [3.63, 3.8) is 0 Å². The molecule has 0 N–H and O–H groups in total. The van der Waals surface area contributed by atoms with Crippen LogP contribution in [0.1, 0.15) is 5.56 Å². The van der Waals surface area contributed by atoms with Crippen LogP contribution in [-0.2, 0) is 9.53 Å². The summed E-state index contributed by atoms with van der Waals surface area (Å²) in [6.07, 6.45) is 0. The highest BCUT2D eigenvalue weighted by Crippen LogP contribution is 2.11. The van der Waals surface area contributed by atoms with Gasteiger partial charge in [-0.3, -0.25) is 9.69 Å². The largest absolute Gasteiger partial charge is 0.484 e. The van der Waals surface area contributed by atoms with Crippen LogP contribution in [0, 0.1) is 6.92 Å². The molecule has 0 spiro atoms. The van der Waals surface area contributed by atoms with Crippen molar-refractivity contribution in [2.24, 2.45) is 0 Å². The van der Waals surface area contributed by atoms with E-state index in [1.165, 1.54) is 5.56 Å². The summed E-state index contributed by atoms with van der Waals surface area (Å²) in [5.74, 6) is 0.736. The first-order valence-electron chi connectivity index (χ1n) is 7.38. The quantitative estimate of drug-likeness (QED) is 0.789. The monoisotopic (exact) mass is 292 g/mol. The fourth-order valence-electron chi connectivity index (χ4n) is 2.13. The lowest BCUT2D eigenvalue weighted by Gasteiger charge is -2.28. The molecule has 0 unspecified atom stereocenters. The van der Waals surface area contributed by atoms with Gasteiger partial charge >= 0.3 is 0 Å². The molecule has 1 aromatic carbocycles. The van der Waals surface area contributed by atoms with Gasteiger partial charge in [-0.1, -0.05) is 17.7 Å². The van der Waals surface area contributed by atoms with Crippen molar-refractivity contribution in [3.05, 3.63) is 29.8 Å². The minimum atomic E-state index is 0.00355. The number of carbonyl (C=O) groups excluding carboxylic acids is 1. The number of nitrogens with zero attached hydrogens (tertiary/aromatic N) is 2. The first-order chi connectivity index (χ1) is 10.1. The lowest BCUT2D eigenvalue weighted by Crippen LogP contribution is -2.42. The van der Waals surface area contributed by atoms with Gasteiger partial charge in [0.15, 0.2) is 6.61 Å². The van der Waals surface area contributed by atoms with Gasteiger partial charge in [0, 0.05) is 33.2 Å². The van der Waals surface area contributed by atoms with E-state index in [9.17, 15) is 4.79 Å². The average molecular weight is 292 g/mol. The maximum atomic E-state index is 12.0. The lowest BCUT2D eigenvalue weighted by atomic mass is 10.2. The summed E-state index contributed by atoms with van der Waals surface area (Å²) in [5.41, 5.74) is 1.18. The summed E-state index contributed by atoms with van der Waals surface area (Å²) in [4.78, 5) is 16.1. The van der Waals surface area contributed by atoms with Crippen LogP contribution in [0.4, 0.5) is 0 Å². The number of morpholine rings is 1. The lowest BCUT2D eigenvalue weighted by molar-refractivity contribution is -0.132. The molecular formula is C16H24N2O3. The molecule has 0 radical (unpaired) electrons. The number of carbonyl (C=O) groups is 1. The summed E-state index contributed by atoms with van der Waals surface area (Å²) in [6, 6.07) is 7.72. The molecule has 21 heavy (non-hydrogen) atoms. The van der Waals surface area contributed by atoms with Crippen LogP contribution in [0.25, 0.3) is 0 Å². The molecule has 1 aliphatic rings. The second-order valence-electron chi connectivity index (χ2n) is 5.37. The molecule has 0 saturated carbocycles.